The maximum atomic E-state index is 13.6. The molecule has 2 atom stereocenters. The van der Waals surface area contributed by atoms with Crippen LogP contribution in [0.2, 0.25) is 5.02 Å². The van der Waals surface area contributed by atoms with Crippen LogP contribution in [-0.2, 0) is 11.0 Å². The van der Waals surface area contributed by atoms with Crippen LogP contribution in [0.15, 0.2) is 42.5 Å². The van der Waals surface area contributed by atoms with Gasteiger partial charge in [-0.15, -0.1) is 0 Å². The van der Waals surface area contributed by atoms with Gasteiger partial charge in [-0.2, -0.15) is 13.2 Å². The van der Waals surface area contributed by atoms with Crippen molar-refractivity contribution in [2.75, 3.05) is 52.9 Å². The lowest BCUT2D eigenvalue weighted by atomic mass is 9.93. The number of carbonyl (C=O) groups excluding carboxylic acids is 2. The first-order valence-corrected chi connectivity index (χ1v) is 14.0. The summed E-state index contributed by atoms with van der Waals surface area (Å²) in [4.78, 5) is 33.4. The molecule has 3 saturated heterocycles. The van der Waals surface area contributed by atoms with Gasteiger partial charge in [-0.05, 0) is 55.3 Å². The fourth-order valence-corrected chi connectivity index (χ4v) is 6.36. The molecule has 0 aliphatic carbocycles. The number of nitrogens with zero attached hydrogens (tertiary/aromatic N) is 4. The third-order valence-electron chi connectivity index (χ3n) is 8.43. The van der Waals surface area contributed by atoms with E-state index in [-0.39, 0.29) is 34.8 Å². The van der Waals surface area contributed by atoms with E-state index in [0.717, 1.165) is 63.4 Å². The Morgan fingerprint density at radius 1 is 1.07 bits per heavy atom. The first kappa shape index (κ1) is 28.8. The van der Waals surface area contributed by atoms with Gasteiger partial charge in [-0.25, -0.2) is 4.39 Å². The van der Waals surface area contributed by atoms with Gasteiger partial charge in [0.25, 0.3) is 5.91 Å². The molecule has 0 aromatic heterocycles. The SMILES string of the molecule is CN(C[C@@H](CCN1CC(N2CCN3C(=O)CC[C@H]3C2)C1)c1ccc(F)cc1)C(=O)c1cc(Cl)cc(C(F)(F)F)c1. The van der Waals surface area contributed by atoms with Crippen LogP contribution in [0.3, 0.4) is 0 Å². The van der Waals surface area contributed by atoms with Crippen LogP contribution in [0.4, 0.5) is 17.6 Å². The molecule has 0 saturated carbocycles. The fourth-order valence-electron chi connectivity index (χ4n) is 6.12. The van der Waals surface area contributed by atoms with Gasteiger partial charge in [-0.1, -0.05) is 23.7 Å². The van der Waals surface area contributed by atoms with E-state index in [1.54, 1.807) is 19.2 Å². The van der Waals surface area contributed by atoms with Crippen molar-refractivity contribution in [1.82, 2.24) is 19.6 Å². The van der Waals surface area contributed by atoms with Crippen molar-refractivity contribution in [3.63, 3.8) is 0 Å². The Hall–Kier alpha value is -2.69. The minimum absolute atomic E-state index is 0.130. The maximum Gasteiger partial charge on any atom is 0.416 e. The summed E-state index contributed by atoms with van der Waals surface area (Å²) in [7, 11) is 1.56. The lowest BCUT2D eigenvalue weighted by molar-refractivity contribution is -0.137. The van der Waals surface area contributed by atoms with E-state index < -0.39 is 17.6 Å². The number of rotatable bonds is 8. The molecule has 2 aromatic carbocycles. The van der Waals surface area contributed by atoms with Gasteiger partial charge >= 0.3 is 6.18 Å². The Kier molecular flexibility index (Phi) is 8.40. The number of likely N-dealkylation sites (tertiary alicyclic amines) is 1. The number of alkyl halides is 3. The smallest absolute Gasteiger partial charge is 0.341 e. The van der Waals surface area contributed by atoms with Gasteiger partial charge in [0.2, 0.25) is 5.91 Å². The predicted octanol–water partition coefficient (Wildman–Crippen LogP) is 4.73. The Morgan fingerprint density at radius 3 is 2.50 bits per heavy atom. The molecule has 2 aromatic rings. The second-order valence-electron chi connectivity index (χ2n) is 11.1. The fraction of sp³-hybridized carbons (Fsp3) is 0.517. The third-order valence-corrected chi connectivity index (χ3v) is 8.65. The first-order chi connectivity index (χ1) is 19.0. The molecule has 0 radical (unpaired) electrons. The third kappa shape index (κ3) is 6.44. The summed E-state index contributed by atoms with van der Waals surface area (Å²) in [5, 5.41) is -0.157. The van der Waals surface area contributed by atoms with Gasteiger partial charge in [-0.3, -0.25) is 14.5 Å². The molecule has 40 heavy (non-hydrogen) atoms. The number of hydrogen-bond acceptors (Lipinski definition) is 4. The minimum Gasteiger partial charge on any atom is -0.341 e. The molecule has 11 heteroatoms. The molecule has 6 nitrogen and oxygen atoms in total. The van der Waals surface area contributed by atoms with Gasteiger partial charge < -0.3 is 14.7 Å². The van der Waals surface area contributed by atoms with E-state index in [1.807, 2.05) is 4.90 Å². The summed E-state index contributed by atoms with van der Waals surface area (Å²) in [6.45, 7) is 5.50. The maximum absolute atomic E-state index is 13.6. The molecular formula is C29H33ClF4N4O2. The van der Waals surface area contributed by atoms with E-state index in [9.17, 15) is 27.2 Å². The summed E-state index contributed by atoms with van der Waals surface area (Å²) >= 11 is 5.90. The Balaban J connectivity index is 1.20. The Morgan fingerprint density at radius 2 is 1.80 bits per heavy atom. The van der Waals surface area contributed by atoms with Crippen LogP contribution in [0.25, 0.3) is 0 Å². The highest BCUT2D eigenvalue weighted by molar-refractivity contribution is 6.31. The topological polar surface area (TPSA) is 47.1 Å². The van der Waals surface area contributed by atoms with Crippen molar-refractivity contribution in [1.29, 1.82) is 0 Å². The number of amides is 2. The summed E-state index contributed by atoms with van der Waals surface area (Å²) in [6.07, 6.45) is -2.33. The Labute approximate surface area is 236 Å². The van der Waals surface area contributed by atoms with Gasteiger partial charge in [0.1, 0.15) is 5.82 Å². The predicted molar refractivity (Wildman–Crippen MR) is 144 cm³/mol. The van der Waals surface area contributed by atoms with Crippen LogP contribution in [0.1, 0.15) is 46.7 Å². The van der Waals surface area contributed by atoms with Crippen LogP contribution < -0.4 is 0 Å². The summed E-state index contributed by atoms with van der Waals surface area (Å²) < 4.78 is 53.5. The summed E-state index contributed by atoms with van der Waals surface area (Å²) in [6, 6.07) is 9.79. The van der Waals surface area contributed by atoms with Crippen LogP contribution in [0, 0.1) is 5.82 Å². The largest absolute Gasteiger partial charge is 0.416 e. The standard InChI is InChI=1S/C29H33ClF4N4O2/c1-35(28(40)21-12-22(29(32,33)34)14-23(30)13-21)15-20(19-2-4-24(31)5-3-19)8-9-36-16-26(17-36)37-10-11-38-25(18-37)6-7-27(38)39/h2-5,12-14,20,25-26H,6-11,15-18H2,1H3/t20-,25+/m1/s1. The van der Waals surface area contributed by atoms with Crippen molar-refractivity contribution in [2.45, 2.75) is 43.4 Å². The second kappa shape index (κ2) is 11.7. The molecule has 0 spiro atoms. The lowest BCUT2D eigenvalue weighted by Gasteiger charge is -2.49. The molecule has 3 fully saturated rings. The van der Waals surface area contributed by atoms with Crippen LogP contribution >= 0.6 is 11.6 Å². The number of piperazine rings is 1. The molecule has 3 aliphatic heterocycles. The average Bonchev–Trinajstić information content (AvgIpc) is 3.26. The van der Waals surface area contributed by atoms with E-state index in [1.165, 1.54) is 23.1 Å². The molecule has 3 aliphatic rings. The molecule has 0 unspecified atom stereocenters. The van der Waals surface area contributed by atoms with E-state index >= 15 is 0 Å². The van der Waals surface area contributed by atoms with Crippen molar-refractivity contribution in [3.05, 3.63) is 70.0 Å². The quantitative estimate of drug-likeness (QED) is 0.424. The van der Waals surface area contributed by atoms with Crippen molar-refractivity contribution in [3.8, 4) is 0 Å². The molecule has 216 valence electrons. The number of benzene rings is 2. The average molecular weight is 581 g/mol. The molecule has 0 N–H and O–H groups in total. The van der Waals surface area contributed by atoms with E-state index in [2.05, 4.69) is 9.80 Å². The van der Waals surface area contributed by atoms with Crippen LogP contribution in [-0.4, -0.2) is 96.4 Å². The van der Waals surface area contributed by atoms with Crippen molar-refractivity contribution >= 4 is 23.4 Å². The number of likely N-dealkylation sites (N-methyl/N-ethyl adjacent to an activating group) is 1. The zero-order valence-electron chi connectivity index (χ0n) is 22.3. The number of fused-ring (bicyclic) bond motifs is 1. The highest BCUT2D eigenvalue weighted by atomic mass is 35.5. The van der Waals surface area contributed by atoms with Crippen molar-refractivity contribution in [2.24, 2.45) is 0 Å². The summed E-state index contributed by atoms with van der Waals surface area (Å²) in [5.74, 6) is -0.789. The zero-order chi connectivity index (χ0) is 28.6. The summed E-state index contributed by atoms with van der Waals surface area (Å²) in [5.41, 5.74) is -0.239. The van der Waals surface area contributed by atoms with Gasteiger partial charge in [0.05, 0.1) is 5.56 Å². The Bertz CT molecular complexity index is 1240. The molecule has 0 bridgehead atoms. The highest BCUT2D eigenvalue weighted by Gasteiger charge is 2.40. The molecule has 2 amide bonds. The molecule has 3 heterocycles. The lowest BCUT2D eigenvalue weighted by Crippen LogP contribution is -2.64. The number of halogens is 5. The van der Waals surface area contributed by atoms with Gasteiger partial charge in [0, 0.05) is 81.3 Å². The zero-order valence-corrected chi connectivity index (χ0v) is 23.1. The van der Waals surface area contributed by atoms with Crippen LogP contribution in [0.5, 0.6) is 0 Å². The first-order valence-electron chi connectivity index (χ1n) is 13.6. The number of hydrogen-bond donors (Lipinski definition) is 0. The number of carbonyl (C=O) groups is 2. The minimum atomic E-state index is -4.62. The molecule has 5 rings (SSSR count). The monoisotopic (exact) mass is 580 g/mol. The normalized spacial score (nSPS) is 21.3. The van der Waals surface area contributed by atoms with E-state index in [4.69, 9.17) is 11.6 Å². The second-order valence-corrected chi connectivity index (χ2v) is 11.6. The van der Waals surface area contributed by atoms with Gasteiger partial charge in [0.15, 0.2) is 0 Å². The van der Waals surface area contributed by atoms with Crippen molar-refractivity contribution < 1.29 is 27.2 Å². The highest BCUT2D eigenvalue weighted by Crippen LogP contribution is 2.33. The molecular weight excluding hydrogens is 548 g/mol. The van der Waals surface area contributed by atoms with E-state index in [0.29, 0.717) is 24.9 Å².